The third-order valence-corrected chi connectivity index (χ3v) is 5.05. The molecular formula is C20H24N4O. The number of nitrogens with two attached hydrogens (primary N) is 1. The van der Waals surface area contributed by atoms with Crippen molar-refractivity contribution in [3.8, 4) is 17.0 Å². The summed E-state index contributed by atoms with van der Waals surface area (Å²) in [5.74, 6) is 0.915. The van der Waals surface area contributed by atoms with Gasteiger partial charge >= 0.3 is 0 Å². The van der Waals surface area contributed by atoms with Gasteiger partial charge in [0.25, 0.3) is 0 Å². The SMILES string of the molecule is COc1cc(C)c(-c2cn3ccc(N4CCC(N)C4)cc3n2)cc1C. The Labute approximate surface area is 148 Å². The maximum absolute atomic E-state index is 6.04. The Morgan fingerprint density at radius 3 is 2.76 bits per heavy atom. The molecule has 0 bridgehead atoms. The third-order valence-electron chi connectivity index (χ3n) is 5.05. The summed E-state index contributed by atoms with van der Waals surface area (Å²) in [6, 6.07) is 8.79. The van der Waals surface area contributed by atoms with Crippen LogP contribution in [-0.2, 0) is 0 Å². The van der Waals surface area contributed by atoms with E-state index in [0.29, 0.717) is 0 Å². The molecule has 3 aromatic rings. The molecule has 1 aliphatic rings. The summed E-state index contributed by atoms with van der Waals surface area (Å²) in [7, 11) is 1.71. The van der Waals surface area contributed by atoms with Gasteiger partial charge in [-0.15, -0.1) is 0 Å². The lowest BCUT2D eigenvalue weighted by atomic mass is 10.0. The number of anilines is 1. The lowest BCUT2D eigenvalue weighted by Gasteiger charge is -2.17. The van der Waals surface area contributed by atoms with E-state index in [9.17, 15) is 0 Å². The van der Waals surface area contributed by atoms with E-state index in [1.54, 1.807) is 7.11 Å². The molecule has 1 aliphatic heterocycles. The van der Waals surface area contributed by atoms with Crippen LogP contribution in [0, 0.1) is 13.8 Å². The summed E-state index contributed by atoms with van der Waals surface area (Å²) in [6.45, 7) is 6.09. The van der Waals surface area contributed by atoms with Crippen molar-refractivity contribution in [3.63, 3.8) is 0 Å². The van der Waals surface area contributed by atoms with Crippen molar-refractivity contribution in [3.05, 3.63) is 47.8 Å². The average molecular weight is 336 g/mol. The Morgan fingerprint density at radius 1 is 1.20 bits per heavy atom. The Hall–Kier alpha value is -2.53. The van der Waals surface area contributed by atoms with Crippen LogP contribution in [0.15, 0.2) is 36.7 Å². The van der Waals surface area contributed by atoms with Gasteiger partial charge < -0.3 is 19.8 Å². The van der Waals surface area contributed by atoms with Crippen LogP contribution in [0.2, 0.25) is 0 Å². The minimum Gasteiger partial charge on any atom is -0.496 e. The Kier molecular flexibility index (Phi) is 3.88. The highest BCUT2D eigenvalue weighted by Crippen LogP contribution is 2.30. The van der Waals surface area contributed by atoms with Gasteiger partial charge in [0, 0.05) is 48.8 Å². The fourth-order valence-electron chi connectivity index (χ4n) is 3.61. The van der Waals surface area contributed by atoms with Crippen molar-refractivity contribution >= 4 is 11.3 Å². The van der Waals surface area contributed by atoms with Crippen LogP contribution in [0.25, 0.3) is 16.9 Å². The summed E-state index contributed by atoms with van der Waals surface area (Å²) in [5.41, 5.74) is 12.6. The molecule has 5 heteroatoms. The molecule has 4 rings (SSSR count). The fraction of sp³-hybridized carbons (Fsp3) is 0.350. The average Bonchev–Trinajstić information content (AvgIpc) is 3.21. The van der Waals surface area contributed by atoms with Gasteiger partial charge in [0.2, 0.25) is 0 Å². The topological polar surface area (TPSA) is 55.8 Å². The number of hydrogen-bond acceptors (Lipinski definition) is 4. The zero-order valence-corrected chi connectivity index (χ0v) is 15.0. The Balaban J connectivity index is 1.73. The monoisotopic (exact) mass is 336 g/mol. The Bertz CT molecular complexity index is 931. The molecule has 130 valence electrons. The van der Waals surface area contributed by atoms with Crippen LogP contribution in [0.4, 0.5) is 5.69 Å². The van der Waals surface area contributed by atoms with E-state index in [2.05, 4.69) is 59.8 Å². The highest BCUT2D eigenvalue weighted by Gasteiger charge is 2.20. The first-order valence-electron chi connectivity index (χ1n) is 8.70. The zero-order valence-electron chi connectivity index (χ0n) is 15.0. The van der Waals surface area contributed by atoms with E-state index >= 15 is 0 Å². The van der Waals surface area contributed by atoms with Crippen LogP contribution in [-0.4, -0.2) is 35.6 Å². The maximum atomic E-state index is 6.04. The second-order valence-electron chi connectivity index (χ2n) is 6.91. The number of pyridine rings is 1. The molecule has 1 unspecified atom stereocenters. The summed E-state index contributed by atoms with van der Waals surface area (Å²) >= 11 is 0. The first-order valence-corrected chi connectivity index (χ1v) is 8.70. The van der Waals surface area contributed by atoms with Gasteiger partial charge in [-0.3, -0.25) is 0 Å². The lowest BCUT2D eigenvalue weighted by molar-refractivity contribution is 0.411. The first kappa shape index (κ1) is 16.0. The van der Waals surface area contributed by atoms with E-state index in [1.165, 1.54) is 5.69 Å². The number of methoxy groups -OCH3 is 1. The molecule has 0 aliphatic carbocycles. The second-order valence-corrected chi connectivity index (χ2v) is 6.91. The minimum absolute atomic E-state index is 0.274. The number of hydrogen-bond donors (Lipinski definition) is 1. The first-order chi connectivity index (χ1) is 12.0. The molecular weight excluding hydrogens is 312 g/mol. The molecule has 3 heterocycles. The number of nitrogens with zero attached hydrogens (tertiary/aromatic N) is 3. The minimum atomic E-state index is 0.274. The van der Waals surface area contributed by atoms with Gasteiger partial charge in [0.05, 0.1) is 12.8 Å². The van der Waals surface area contributed by atoms with E-state index in [-0.39, 0.29) is 6.04 Å². The number of aromatic nitrogens is 2. The summed E-state index contributed by atoms with van der Waals surface area (Å²) in [4.78, 5) is 7.19. The predicted molar refractivity (Wildman–Crippen MR) is 101 cm³/mol. The molecule has 1 atom stereocenters. The Morgan fingerprint density at radius 2 is 2.04 bits per heavy atom. The summed E-state index contributed by atoms with van der Waals surface area (Å²) in [6.07, 6.45) is 5.22. The van der Waals surface area contributed by atoms with E-state index in [0.717, 1.165) is 53.3 Å². The van der Waals surface area contributed by atoms with E-state index in [4.69, 9.17) is 15.5 Å². The zero-order chi connectivity index (χ0) is 17.6. The van der Waals surface area contributed by atoms with Crippen molar-refractivity contribution < 1.29 is 4.74 Å². The van der Waals surface area contributed by atoms with Crippen molar-refractivity contribution in [2.45, 2.75) is 26.3 Å². The van der Waals surface area contributed by atoms with Crippen LogP contribution >= 0.6 is 0 Å². The van der Waals surface area contributed by atoms with Crippen LogP contribution in [0.1, 0.15) is 17.5 Å². The van der Waals surface area contributed by atoms with Gasteiger partial charge in [-0.25, -0.2) is 4.98 Å². The predicted octanol–water partition coefficient (Wildman–Crippen LogP) is 3.16. The lowest BCUT2D eigenvalue weighted by Crippen LogP contribution is -2.26. The normalized spacial score (nSPS) is 17.4. The van der Waals surface area contributed by atoms with Crippen molar-refractivity contribution in [1.29, 1.82) is 0 Å². The van der Waals surface area contributed by atoms with Crippen LogP contribution in [0.3, 0.4) is 0 Å². The van der Waals surface area contributed by atoms with E-state index in [1.807, 2.05) is 0 Å². The molecule has 5 nitrogen and oxygen atoms in total. The van der Waals surface area contributed by atoms with Gasteiger partial charge in [-0.05, 0) is 49.6 Å². The molecule has 2 aromatic heterocycles. The number of benzene rings is 1. The third kappa shape index (κ3) is 2.85. The number of aryl methyl sites for hydroxylation is 2. The van der Waals surface area contributed by atoms with Crippen LogP contribution < -0.4 is 15.4 Å². The molecule has 1 fully saturated rings. The van der Waals surface area contributed by atoms with Gasteiger partial charge in [-0.1, -0.05) is 0 Å². The fourth-order valence-corrected chi connectivity index (χ4v) is 3.61. The number of fused-ring (bicyclic) bond motifs is 1. The molecule has 2 N–H and O–H groups in total. The summed E-state index contributed by atoms with van der Waals surface area (Å²) in [5, 5.41) is 0. The highest BCUT2D eigenvalue weighted by atomic mass is 16.5. The second kappa shape index (κ2) is 6.08. The van der Waals surface area contributed by atoms with Gasteiger partial charge in [-0.2, -0.15) is 0 Å². The molecule has 0 radical (unpaired) electrons. The standard InChI is InChI=1S/C20H24N4O/c1-13-9-19(25-3)14(2)8-17(13)18-12-24-7-5-16(10-20(24)22-18)23-6-4-15(21)11-23/h5,7-10,12,15H,4,6,11,21H2,1-3H3. The van der Waals surface area contributed by atoms with Gasteiger partial charge in [0.1, 0.15) is 11.4 Å². The molecule has 25 heavy (non-hydrogen) atoms. The molecule has 0 saturated carbocycles. The smallest absolute Gasteiger partial charge is 0.139 e. The maximum Gasteiger partial charge on any atom is 0.139 e. The van der Waals surface area contributed by atoms with Crippen LogP contribution in [0.5, 0.6) is 5.75 Å². The number of rotatable bonds is 3. The van der Waals surface area contributed by atoms with Crippen molar-refractivity contribution in [1.82, 2.24) is 9.38 Å². The molecule has 0 amide bonds. The van der Waals surface area contributed by atoms with Crippen molar-refractivity contribution in [2.75, 3.05) is 25.1 Å². The van der Waals surface area contributed by atoms with Gasteiger partial charge in [0.15, 0.2) is 0 Å². The number of imidazole rings is 1. The highest BCUT2D eigenvalue weighted by molar-refractivity contribution is 5.70. The van der Waals surface area contributed by atoms with Crippen molar-refractivity contribution in [2.24, 2.45) is 5.73 Å². The summed E-state index contributed by atoms with van der Waals surface area (Å²) < 4.78 is 7.49. The molecule has 1 saturated heterocycles. The quantitative estimate of drug-likeness (QED) is 0.798. The molecule has 1 aromatic carbocycles. The molecule has 0 spiro atoms. The largest absolute Gasteiger partial charge is 0.496 e. The van der Waals surface area contributed by atoms with E-state index < -0.39 is 0 Å². The number of ether oxygens (including phenoxy) is 1.